The fourth-order valence-electron chi connectivity index (χ4n) is 4.10. The molecule has 2 aromatic heterocycles. The van der Waals surface area contributed by atoms with Crippen molar-refractivity contribution in [2.24, 2.45) is 0 Å². The normalized spacial score (nSPS) is 15.0. The lowest BCUT2D eigenvalue weighted by Gasteiger charge is -2.15. The summed E-state index contributed by atoms with van der Waals surface area (Å²) in [6.45, 7) is 2.01. The Balaban J connectivity index is 1.34. The van der Waals surface area contributed by atoms with Gasteiger partial charge in [-0.25, -0.2) is 0 Å². The third-order valence-corrected chi connectivity index (χ3v) is 6.35. The van der Waals surface area contributed by atoms with Crippen molar-refractivity contribution in [1.29, 1.82) is 0 Å². The molecule has 2 aromatic carbocycles. The fraction of sp³-hybridized carbons (Fsp3) is 0.292. The van der Waals surface area contributed by atoms with Crippen molar-refractivity contribution in [3.05, 3.63) is 76.8 Å². The van der Waals surface area contributed by atoms with Crippen LogP contribution in [0.1, 0.15) is 48.7 Å². The first-order valence-corrected chi connectivity index (χ1v) is 11.2. The average molecular weight is 488 g/mol. The van der Waals surface area contributed by atoms with E-state index in [1.165, 1.54) is 13.1 Å². The maximum atomic E-state index is 13.3. The summed E-state index contributed by atoms with van der Waals surface area (Å²) in [5, 5.41) is 12.5. The lowest BCUT2D eigenvalue weighted by atomic mass is 10.0. The zero-order chi connectivity index (χ0) is 24.0. The molecule has 0 aliphatic heterocycles. The van der Waals surface area contributed by atoms with Crippen LogP contribution in [0.4, 0.5) is 18.9 Å². The Bertz CT molecular complexity index is 1370. The number of benzene rings is 2. The molecule has 34 heavy (non-hydrogen) atoms. The summed E-state index contributed by atoms with van der Waals surface area (Å²) in [7, 11) is 0. The number of aromatic nitrogens is 4. The summed E-state index contributed by atoms with van der Waals surface area (Å²) in [4.78, 5) is 12.9. The molecule has 0 saturated heterocycles. The smallest absolute Gasteiger partial charge is 0.322 e. The number of carbonyl (C=O) groups is 1. The van der Waals surface area contributed by atoms with Crippen LogP contribution in [0, 0.1) is 0 Å². The van der Waals surface area contributed by atoms with Gasteiger partial charge >= 0.3 is 6.18 Å². The molecule has 0 radical (unpaired) electrons. The van der Waals surface area contributed by atoms with E-state index >= 15 is 0 Å². The van der Waals surface area contributed by atoms with E-state index in [1.807, 2.05) is 42.5 Å². The van der Waals surface area contributed by atoms with Crippen LogP contribution in [0.25, 0.3) is 10.8 Å². The molecule has 2 heterocycles. The number of fused-ring (bicyclic) bond motifs is 1. The molecule has 0 spiro atoms. The van der Waals surface area contributed by atoms with Gasteiger partial charge in [-0.15, -0.1) is 0 Å². The molecule has 1 fully saturated rings. The van der Waals surface area contributed by atoms with Gasteiger partial charge in [0, 0.05) is 12.1 Å². The SMILES string of the molecule is CC(C(=O)Nc1cnn(Cc2cccc3ccccc23)c1)n1nc(C(F)(F)F)c(Cl)c1C1CC1. The fourth-order valence-corrected chi connectivity index (χ4v) is 4.49. The van der Waals surface area contributed by atoms with Gasteiger partial charge in [-0.3, -0.25) is 14.2 Å². The van der Waals surface area contributed by atoms with E-state index in [-0.39, 0.29) is 11.6 Å². The Hall–Kier alpha value is -3.33. The minimum atomic E-state index is -4.69. The van der Waals surface area contributed by atoms with Crippen LogP contribution in [-0.4, -0.2) is 25.5 Å². The molecule has 5 rings (SSSR count). The summed E-state index contributed by atoms with van der Waals surface area (Å²) in [6.07, 6.45) is -0.0545. The second kappa shape index (κ2) is 8.47. The second-order valence-electron chi connectivity index (χ2n) is 8.49. The average Bonchev–Trinajstić information content (AvgIpc) is 3.44. The van der Waals surface area contributed by atoms with Crippen molar-refractivity contribution < 1.29 is 18.0 Å². The van der Waals surface area contributed by atoms with Crippen molar-refractivity contribution >= 4 is 34.0 Å². The van der Waals surface area contributed by atoms with E-state index in [4.69, 9.17) is 11.6 Å². The lowest BCUT2D eigenvalue weighted by molar-refractivity contribution is -0.141. The van der Waals surface area contributed by atoms with Crippen molar-refractivity contribution in [2.45, 2.75) is 44.4 Å². The summed E-state index contributed by atoms with van der Waals surface area (Å²) in [5.41, 5.74) is 0.633. The topological polar surface area (TPSA) is 64.7 Å². The molecule has 6 nitrogen and oxygen atoms in total. The summed E-state index contributed by atoms with van der Waals surface area (Å²) < 4.78 is 42.8. The molecule has 1 aliphatic rings. The predicted molar refractivity (Wildman–Crippen MR) is 123 cm³/mol. The molecule has 1 unspecified atom stereocenters. The van der Waals surface area contributed by atoms with Gasteiger partial charge in [0.05, 0.1) is 29.1 Å². The molecule has 1 atom stereocenters. The van der Waals surface area contributed by atoms with Gasteiger partial charge in [0.1, 0.15) is 6.04 Å². The van der Waals surface area contributed by atoms with Crippen LogP contribution < -0.4 is 5.32 Å². The predicted octanol–water partition coefficient (Wildman–Crippen LogP) is 6.03. The van der Waals surface area contributed by atoms with Crippen LogP contribution in [0.3, 0.4) is 0 Å². The Morgan fingerprint density at radius 1 is 1.21 bits per heavy atom. The van der Waals surface area contributed by atoms with Gasteiger partial charge in [0.2, 0.25) is 5.91 Å². The third-order valence-electron chi connectivity index (χ3n) is 5.98. The quantitative estimate of drug-likeness (QED) is 0.361. The van der Waals surface area contributed by atoms with Gasteiger partial charge in [-0.1, -0.05) is 54.1 Å². The van der Waals surface area contributed by atoms with Crippen LogP contribution >= 0.6 is 11.6 Å². The molecular formula is C24H21ClF3N5O. The Labute approximate surface area is 198 Å². The highest BCUT2D eigenvalue weighted by Gasteiger charge is 2.43. The molecule has 1 aliphatic carbocycles. The van der Waals surface area contributed by atoms with Crippen LogP contribution in [-0.2, 0) is 17.5 Å². The zero-order valence-electron chi connectivity index (χ0n) is 18.2. The van der Waals surface area contributed by atoms with Crippen molar-refractivity contribution in [2.75, 3.05) is 5.32 Å². The standard InChI is InChI=1S/C24H21ClF3N5O/c1-14(33-21(16-9-10-16)20(25)22(31-33)24(26,27)28)23(34)30-18-11-29-32(13-18)12-17-7-4-6-15-5-2-3-8-19(15)17/h2-8,11,13-14,16H,9-10,12H2,1H3,(H,30,34). The first-order valence-electron chi connectivity index (χ1n) is 10.9. The van der Waals surface area contributed by atoms with Crippen molar-refractivity contribution in [3.63, 3.8) is 0 Å². The number of rotatable bonds is 6. The number of anilines is 1. The Morgan fingerprint density at radius 3 is 2.68 bits per heavy atom. The second-order valence-corrected chi connectivity index (χ2v) is 8.87. The Morgan fingerprint density at radius 2 is 1.94 bits per heavy atom. The number of halogens is 4. The van der Waals surface area contributed by atoms with Gasteiger partial charge < -0.3 is 5.32 Å². The first-order chi connectivity index (χ1) is 16.2. The minimum Gasteiger partial charge on any atom is -0.322 e. The molecule has 176 valence electrons. The number of alkyl halides is 3. The van der Waals surface area contributed by atoms with Crippen molar-refractivity contribution in [1.82, 2.24) is 19.6 Å². The van der Waals surface area contributed by atoms with Gasteiger partial charge in [-0.05, 0) is 36.1 Å². The van der Waals surface area contributed by atoms with E-state index < -0.39 is 28.8 Å². The monoisotopic (exact) mass is 487 g/mol. The number of carbonyl (C=O) groups excluding carboxylic acids is 1. The molecule has 1 saturated carbocycles. The van der Waals surface area contributed by atoms with E-state index in [0.717, 1.165) is 33.9 Å². The maximum absolute atomic E-state index is 13.3. The molecule has 1 N–H and O–H groups in total. The maximum Gasteiger partial charge on any atom is 0.436 e. The highest BCUT2D eigenvalue weighted by Crippen LogP contribution is 2.47. The van der Waals surface area contributed by atoms with E-state index in [9.17, 15) is 18.0 Å². The summed E-state index contributed by atoms with van der Waals surface area (Å²) in [5.74, 6) is -0.616. The molecule has 1 amide bonds. The number of amides is 1. The van der Waals surface area contributed by atoms with Gasteiger partial charge in [0.15, 0.2) is 5.69 Å². The third kappa shape index (κ3) is 4.27. The van der Waals surface area contributed by atoms with Crippen LogP contribution in [0.5, 0.6) is 0 Å². The van der Waals surface area contributed by atoms with Crippen LogP contribution in [0.2, 0.25) is 5.02 Å². The van der Waals surface area contributed by atoms with Gasteiger partial charge in [-0.2, -0.15) is 23.4 Å². The number of nitrogens with zero attached hydrogens (tertiary/aromatic N) is 4. The largest absolute Gasteiger partial charge is 0.436 e. The van der Waals surface area contributed by atoms with E-state index in [0.29, 0.717) is 12.2 Å². The highest BCUT2D eigenvalue weighted by atomic mass is 35.5. The Kier molecular flexibility index (Phi) is 5.59. The van der Waals surface area contributed by atoms with Crippen LogP contribution in [0.15, 0.2) is 54.9 Å². The van der Waals surface area contributed by atoms with E-state index in [2.05, 4.69) is 15.5 Å². The lowest BCUT2D eigenvalue weighted by Crippen LogP contribution is -2.26. The summed E-state index contributed by atoms with van der Waals surface area (Å²) >= 11 is 6.03. The van der Waals surface area contributed by atoms with E-state index in [1.54, 1.807) is 10.9 Å². The van der Waals surface area contributed by atoms with Gasteiger partial charge in [0.25, 0.3) is 0 Å². The molecular weight excluding hydrogens is 467 g/mol. The molecule has 0 bridgehead atoms. The number of nitrogens with one attached hydrogen (secondary N) is 1. The summed E-state index contributed by atoms with van der Waals surface area (Å²) in [6, 6.07) is 13.1. The minimum absolute atomic E-state index is 0.116. The number of hydrogen-bond donors (Lipinski definition) is 1. The molecule has 10 heteroatoms. The highest BCUT2D eigenvalue weighted by molar-refractivity contribution is 6.32. The number of hydrogen-bond acceptors (Lipinski definition) is 3. The first kappa shape index (κ1) is 22.5. The van der Waals surface area contributed by atoms with Crippen molar-refractivity contribution in [3.8, 4) is 0 Å². The zero-order valence-corrected chi connectivity index (χ0v) is 18.9. The molecule has 4 aromatic rings.